The first-order valence-electron chi connectivity index (χ1n) is 7.09. The molecule has 0 radical (unpaired) electrons. The highest BCUT2D eigenvalue weighted by atomic mass is 35.5. The zero-order valence-corrected chi connectivity index (χ0v) is 14.6. The summed E-state index contributed by atoms with van der Waals surface area (Å²) in [6.45, 7) is 4.14. The van der Waals surface area contributed by atoms with Crippen molar-refractivity contribution in [1.82, 2.24) is 15.6 Å². The van der Waals surface area contributed by atoms with Crippen LogP contribution in [0.3, 0.4) is 0 Å². The molecule has 1 atom stereocenters. The van der Waals surface area contributed by atoms with Crippen molar-refractivity contribution >= 4 is 30.7 Å². The van der Waals surface area contributed by atoms with E-state index in [4.69, 9.17) is 4.74 Å². The van der Waals surface area contributed by atoms with E-state index in [1.165, 1.54) is 0 Å². The summed E-state index contributed by atoms with van der Waals surface area (Å²) in [5.41, 5.74) is 0.464. The summed E-state index contributed by atoms with van der Waals surface area (Å²) in [6, 6.07) is 5.64. The van der Waals surface area contributed by atoms with Crippen LogP contribution in [0, 0.1) is 5.41 Å². The molecule has 1 unspecified atom stereocenters. The molecule has 0 bridgehead atoms. The molecule has 1 aliphatic heterocycles. The maximum absolute atomic E-state index is 12.6. The number of ether oxygens (including phenoxy) is 1. The second kappa shape index (κ2) is 10.0. The Balaban J connectivity index is 0.00000220. The number of hydrogen-bond acceptors (Lipinski definition) is 4. The lowest BCUT2D eigenvalue weighted by atomic mass is 9.78. The lowest BCUT2D eigenvalue weighted by molar-refractivity contribution is -0.136. The maximum atomic E-state index is 12.6. The Morgan fingerprint density at radius 3 is 2.64 bits per heavy atom. The van der Waals surface area contributed by atoms with Gasteiger partial charge in [0.05, 0.1) is 23.8 Å². The molecule has 5 nitrogen and oxygen atoms in total. The quantitative estimate of drug-likeness (QED) is 0.854. The highest BCUT2D eigenvalue weighted by Gasteiger charge is 2.40. The van der Waals surface area contributed by atoms with Crippen molar-refractivity contribution in [3.8, 4) is 0 Å². The monoisotopic (exact) mass is 349 g/mol. The van der Waals surface area contributed by atoms with Crippen LogP contribution in [0.1, 0.15) is 31.5 Å². The number of hydrogen-bond donors (Lipinski definition) is 2. The number of pyridine rings is 1. The minimum absolute atomic E-state index is 0. The standard InChI is InChI=1S/C15H23N3O2.2ClH/c1-12(13-5-3-4-8-17-13)18-14(19)15(11-20-2)6-9-16-10-7-15;;/h3-5,8,12,16H,6-7,9-11H2,1-2H3,(H,18,19);2*1H. The molecule has 1 aromatic rings. The summed E-state index contributed by atoms with van der Waals surface area (Å²) in [7, 11) is 1.65. The maximum Gasteiger partial charge on any atom is 0.229 e. The van der Waals surface area contributed by atoms with Gasteiger partial charge in [0.2, 0.25) is 5.91 Å². The first kappa shape index (κ1) is 21.1. The number of carbonyl (C=O) groups is 1. The number of nitrogens with zero attached hydrogens (tertiary/aromatic N) is 1. The number of methoxy groups -OCH3 is 1. The van der Waals surface area contributed by atoms with Crippen LogP contribution in [0.4, 0.5) is 0 Å². The highest BCUT2D eigenvalue weighted by molar-refractivity contribution is 5.85. The van der Waals surface area contributed by atoms with Gasteiger partial charge in [0.25, 0.3) is 0 Å². The Kier molecular flexibility index (Phi) is 9.60. The van der Waals surface area contributed by atoms with Gasteiger partial charge in [-0.05, 0) is 45.0 Å². The molecule has 1 aliphatic rings. The third-order valence-corrected chi connectivity index (χ3v) is 3.94. The first-order valence-corrected chi connectivity index (χ1v) is 7.09. The van der Waals surface area contributed by atoms with Gasteiger partial charge in [0, 0.05) is 13.3 Å². The van der Waals surface area contributed by atoms with E-state index in [1.54, 1.807) is 13.3 Å². The van der Waals surface area contributed by atoms with Gasteiger partial charge in [-0.2, -0.15) is 0 Å². The first-order chi connectivity index (χ1) is 9.68. The molecule has 2 rings (SSSR count). The number of piperidine rings is 1. The van der Waals surface area contributed by atoms with Crippen LogP contribution in [0.2, 0.25) is 0 Å². The molecular weight excluding hydrogens is 325 g/mol. The van der Waals surface area contributed by atoms with Gasteiger partial charge in [-0.1, -0.05) is 6.07 Å². The van der Waals surface area contributed by atoms with Crippen molar-refractivity contribution in [3.05, 3.63) is 30.1 Å². The fraction of sp³-hybridized carbons (Fsp3) is 0.600. The normalized spacial score (nSPS) is 17.5. The summed E-state index contributed by atoms with van der Waals surface area (Å²) in [5.74, 6) is 0.0685. The second-order valence-corrected chi connectivity index (χ2v) is 5.41. The largest absolute Gasteiger partial charge is 0.384 e. The van der Waals surface area contributed by atoms with Gasteiger partial charge in [-0.15, -0.1) is 24.8 Å². The van der Waals surface area contributed by atoms with E-state index in [0.717, 1.165) is 31.6 Å². The third kappa shape index (κ3) is 5.09. The molecule has 1 saturated heterocycles. The number of carbonyl (C=O) groups excluding carboxylic acids is 1. The topological polar surface area (TPSA) is 63.2 Å². The number of rotatable bonds is 5. The van der Waals surface area contributed by atoms with Crippen molar-refractivity contribution in [1.29, 1.82) is 0 Å². The molecule has 1 aromatic heterocycles. The van der Waals surface area contributed by atoms with Crippen molar-refractivity contribution in [3.63, 3.8) is 0 Å². The molecule has 1 fully saturated rings. The van der Waals surface area contributed by atoms with Gasteiger partial charge in [0.15, 0.2) is 0 Å². The van der Waals surface area contributed by atoms with E-state index in [1.807, 2.05) is 25.1 Å². The summed E-state index contributed by atoms with van der Waals surface area (Å²) in [5, 5.41) is 6.37. The average Bonchev–Trinajstić information content (AvgIpc) is 2.49. The number of aromatic nitrogens is 1. The summed E-state index contributed by atoms with van der Waals surface area (Å²) >= 11 is 0. The highest BCUT2D eigenvalue weighted by Crippen LogP contribution is 2.30. The molecule has 0 spiro atoms. The van der Waals surface area contributed by atoms with Gasteiger partial charge in [-0.3, -0.25) is 9.78 Å². The molecule has 0 saturated carbocycles. The van der Waals surface area contributed by atoms with Gasteiger partial charge >= 0.3 is 0 Å². The number of nitrogens with one attached hydrogen (secondary N) is 2. The average molecular weight is 350 g/mol. The van der Waals surface area contributed by atoms with E-state index in [-0.39, 0.29) is 36.8 Å². The molecular formula is C15H25Cl2N3O2. The fourth-order valence-corrected chi connectivity index (χ4v) is 2.67. The zero-order chi connectivity index (χ0) is 14.4. The van der Waals surface area contributed by atoms with E-state index < -0.39 is 5.41 Å². The molecule has 7 heteroatoms. The number of amides is 1. The molecule has 2 N–H and O–H groups in total. The van der Waals surface area contributed by atoms with E-state index in [9.17, 15) is 4.79 Å². The molecule has 0 aromatic carbocycles. The summed E-state index contributed by atoms with van der Waals surface area (Å²) in [4.78, 5) is 16.9. The van der Waals surface area contributed by atoms with Gasteiger partial charge in [0.1, 0.15) is 0 Å². The van der Waals surface area contributed by atoms with Crippen molar-refractivity contribution < 1.29 is 9.53 Å². The van der Waals surface area contributed by atoms with Crippen LogP contribution in [-0.4, -0.2) is 37.7 Å². The van der Waals surface area contributed by atoms with Gasteiger partial charge < -0.3 is 15.4 Å². The van der Waals surface area contributed by atoms with Gasteiger partial charge in [-0.25, -0.2) is 0 Å². The van der Waals surface area contributed by atoms with Crippen LogP contribution >= 0.6 is 24.8 Å². The lowest BCUT2D eigenvalue weighted by Gasteiger charge is -2.36. The minimum Gasteiger partial charge on any atom is -0.384 e. The van der Waals surface area contributed by atoms with Crippen molar-refractivity contribution in [2.75, 3.05) is 26.8 Å². The van der Waals surface area contributed by atoms with E-state index in [0.29, 0.717) is 6.61 Å². The SMILES string of the molecule is COCC1(C(=O)NC(C)c2ccccn2)CCNCC1.Cl.Cl. The predicted molar refractivity (Wildman–Crippen MR) is 91.7 cm³/mol. The Bertz CT molecular complexity index is 434. The summed E-state index contributed by atoms with van der Waals surface area (Å²) in [6.07, 6.45) is 3.36. The molecule has 1 amide bonds. The van der Waals surface area contributed by atoms with Crippen LogP contribution in [0.15, 0.2) is 24.4 Å². The Morgan fingerprint density at radius 1 is 1.41 bits per heavy atom. The van der Waals surface area contributed by atoms with Crippen LogP contribution < -0.4 is 10.6 Å². The Morgan fingerprint density at radius 2 is 2.09 bits per heavy atom. The Labute approximate surface area is 144 Å². The molecule has 126 valence electrons. The van der Waals surface area contributed by atoms with Crippen LogP contribution in [-0.2, 0) is 9.53 Å². The molecule has 22 heavy (non-hydrogen) atoms. The lowest BCUT2D eigenvalue weighted by Crippen LogP contribution is -2.50. The second-order valence-electron chi connectivity index (χ2n) is 5.41. The predicted octanol–water partition coefficient (Wildman–Crippen LogP) is 2.12. The van der Waals surface area contributed by atoms with E-state index in [2.05, 4.69) is 15.6 Å². The third-order valence-electron chi connectivity index (χ3n) is 3.94. The molecule has 0 aliphatic carbocycles. The minimum atomic E-state index is -0.414. The van der Waals surface area contributed by atoms with Crippen LogP contribution in [0.25, 0.3) is 0 Å². The van der Waals surface area contributed by atoms with E-state index >= 15 is 0 Å². The smallest absolute Gasteiger partial charge is 0.229 e. The number of halogens is 2. The zero-order valence-electron chi connectivity index (χ0n) is 13.0. The fourth-order valence-electron chi connectivity index (χ4n) is 2.67. The van der Waals surface area contributed by atoms with Crippen molar-refractivity contribution in [2.45, 2.75) is 25.8 Å². The molecule has 2 heterocycles. The van der Waals surface area contributed by atoms with Crippen molar-refractivity contribution in [2.24, 2.45) is 5.41 Å². The Hall–Kier alpha value is -0.880. The van der Waals surface area contributed by atoms with Crippen LogP contribution in [0.5, 0.6) is 0 Å². The summed E-state index contributed by atoms with van der Waals surface area (Å²) < 4.78 is 5.29.